The lowest BCUT2D eigenvalue weighted by Crippen LogP contribution is -2.33. The number of H-pyrrole nitrogens is 1. The summed E-state index contributed by atoms with van der Waals surface area (Å²) in [7, 11) is 3.34. The molecule has 0 saturated carbocycles. The number of likely N-dealkylation sites (tertiary alicyclic amines) is 1. The van der Waals surface area contributed by atoms with Gasteiger partial charge < -0.3 is 9.47 Å². The Morgan fingerprint density at radius 1 is 1.16 bits per heavy atom. The third-order valence-electron chi connectivity index (χ3n) is 4.87. The highest BCUT2D eigenvalue weighted by molar-refractivity contribution is 5.38. The Morgan fingerprint density at radius 3 is 2.36 bits per heavy atom. The zero-order chi connectivity index (χ0) is 17.8. The van der Waals surface area contributed by atoms with Crippen LogP contribution >= 0.6 is 0 Å². The molecule has 1 aliphatic rings. The van der Waals surface area contributed by atoms with Gasteiger partial charge in [0.1, 0.15) is 17.3 Å². The molecule has 0 aliphatic carbocycles. The van der Waals surface area contributed by atoms with Gasteiger partial charge in [-0.25, -0.2) is 9.89 Å². The van der Waals surface area contributed by atoms with Crippen LogP contribution in [0.1, 0.15) is 37.1 Å². The van der Waals surface area contributed by atoms with Gasteiger partial charge in [-0.3, -0.25) is 9.47 Å². The fraction of sp³-hybridized carbons (Fsp3) is 0.556. The molecule has 0 spiro atoms. The molecule has 1 fully saturated rings. The van der Waals surface area contributed by atoms with Gasteiger partial charge in [0.15, 0.2) is 0 Å². The van der Waals surface area contributed by atoms with E-state index >= 15 is 0 Å². The maximum absolute atomic E-state index is 11.8. The molecule has 0 bridgehead atoms. The van der Waals surface area contributed by atoms with Crippen molar-refractivity contribution in [2.75, 3.05) is 27.3 Å². The van der Waals surface area contributed by atoms with E-state index in [1.165, 1.54) is 5.56 Å². The van der Waals surface area contributed by atoms with Crippen LogP contribution in [0.25, 0.3) is 0 Å². The first-order valence-electron chi connectivity index (χ1n) is 8.74. The number of ether oxygens (including phenoxy) is 2. The summed E-state index contributed by atoms with van der Waals surface area (Å²) in [5, 5.41) is 6.82. The predicted octanol–water partition coefficient (Wildman–Crippen LogP) is 1.99. The molecule has 25 heavy (non-hydrogen) atoms. The number of nitrogens with zero attached hydrogens (tertiary/aromatic N) is 3. The lowest BCUT2D eigenvalue weighted by Gasteiger charge is -2.31. The van der Waals surface area contributed by atoms with Crippen molar-refractivity contribution in [1.29, 1.82) is 0 Å². The number of hydrogen-bond donors (Lipinski definition) is 1. The van der Waals surface area contributed by atoms with E-state index in [0.717, 1.165) is 49.8 Å². The van der Waals surface area contributed by atoms with Gasteiger partial charge in [0.25, 0.3) is 0 Å². The van der Waals surface area contributed by atoms with Gasteiger partial charge in [-0.1, -0.05) is 0 Å². The lowest BCUT2D eigenvalue weighted by atomic mass is 9.95. The van der Waals surface area contributed by atoms with Gasteiger partial charge in [0.2, 0.25) is 0 Å². The summed E-state index contributed by atoms with van der Waals surface area (Å²) in [5.41, 5.74) is 1.07. The second kappa shape index (κ2) is 7.74. The fourth-order valence-electron chi connectivity index (χ4n) is 3.51. The minimum atomic E-state index is -0.108. The molecular formula is C18H26N4O3. The van der Waals surface area contributed by atoms with Gasteiger partial charge in [-0.15, -0.1) is 0 Å². The minimum absolute atomic E-state index is 0.108. The van der Waals surface area contributed by atoms with Crippen LogP contribution in [0.4, 0.5) is 0 Å². The number of piperidine rings is 1. The van der Waals surface area contributed by atoms with E-state index in [1.807, 2.05) is 13.0 Å². The fourth-order valence-corrected chi connectivity index (χ4v) is 3.51. The molecule has 1 saturated heterocycles. The number of rotatable bonds is 6. The van der Waals surface area contributed by atoms with E-state index < -0.39 is 0 Å². The third kappa shape index (κ3) is 3.87. The van der Waals surface area contributed by atoms with E-state index in [4.69, 9.17) is 9.47 Å². The molecule has 1 aromatic carbocycles. The molecule has 1 aromatic heterocycles. The topological polar surface area (TPSA) is 72.4 Å². The maximum Gasteiger partial charge on any atom is 0.343 e. The summed E-state index contributed by atoms with van der Waals surface area (Å²) >= 11 is 0. The van der Waals surface area contributed by atoms with Gasteiger partial charge >= 0.3 is 5.69 Å². The molecule has 2 heterocycles. The summed E-state index contributed by atoms with van der Waals surface area (Å²) in [6, 6.07) is 5.99. The molecule has 7 nitrogen and oxygen atoms in total. The molecule has 1 N–H and O–H groups in total. The van der Waals surface area contributed by atoms with Crippen LogP contribution in [-0.4, -0.2) is 47.0 Å². The zero-order valence-corrected chi connectivity index (χ0v) is 15.1. The summed E-state index contributed by atoms with van der Waals surface area (Å²) in [6.45, 7) is 5.46. The Labute approximate surface area is 147 Å². The van der Waals surface area contributed by atoms with Crippen LogP contribution in [-0.2, 0) is 13.1 Å². The molecule has 2 aromatic rings. The second-order valence-electron chi connectivity index (χ2n) is 6.40. The Bertz CT molecular complexity index is 738. The summed E-state index contributed by atoms with van der Waals surface area (Å²) in [6.07, 6.45) is 2.01. The molecule has 136 valence electrons. The number of aromatic nitrogens is 3. The first-order valence-corrected chi connectivity index (χ1v) is 8.74. The van der Waals surface area contributed by atoms with Crippen molar-refractivity contribution in [2.45, 2.75) is 38.8 Å². The Morgan fingerprint density at radius 2 is 1.80 bits per heavy atom. The summed E-state index contributed by atoms with van der Waals surface area (Å²) in [4.78, 5) is 14.2. The number of benzene rings is 1. The SMILES string of the molecule is CCn1c(C2CCN(Cc3cc(OC)cc(OC)c3)CC2)n[nH]c1=O. The smallest absolute Gasteiger partial charge is 0.343 e. The monoisotopic (exact) mass is 346 g/mol. The first-order chi connectivity index (χ1) is 12.1. The standard InChI is InChI=1S/C18H26N4O3/c1-4-22-17(19-20-18(22)23)14-5-7-21(8-6-14)12-13-9-15(24-2)11-16(10-13)25-3/h9-11,14H,4-8,12H2,1-3H3,(H,20,23). The first kappa shape index (κ1) is 17.5. The molecule has 0 amide bonds. The van der Waals surface area contributed by atoms with Crippen molar-refractivity contribution in [1.82, 2.24) is 19.7 Å². The Kier molecular flexibility index (Phi) is 5.43. The molecule has 0 radical (unpaired) electrons. The third-order valence-corrected chi connectivity index (χ3v) is 4.87. The maximum atomic E-state index is 11.8. The molecule has 0 atom stereocenters. The highest BCUT2D eigenvalue weighted by Crippen LogP contribution is 2.28. The predicted molar refractivity (Wildman–Crippen MR) is 95.3 cm³/mol. The van der Waals surface area contributed by atoms with Crippen LogP contribution in [0, 0.1) is 0 Å². The van der Waals surface area contributed by atoms with Crippen LogP contribution in [0.5, 0.6) is 11.5 Å². The van der Waals surface area contributed by atoms with Crippen molar-refractivity contribution >= 4 is 0 Å². The number of methoxy groups -OCH3 is 2. The van der Waals surface area contributed by atoms with Crippen LogP contribution < -0.4 is 15.2 Å². The van der Waals surface area contributed by atoms with E-state index in [1.54, 1.807) is 18.8 Å². The molecule has 1 aliphatic heterocycles. The average Bonchev–Trinajstić information content (AvgIpc) is 3.02. The van der Waals surface area contributed by atoms with Crippen molar-refractivity contribution in [3.8, 4) is 11.5 Å². The molecule has 7 heteroatoms. The Hall–Kier alpha value is -2.28. The van der Waals surface area contributed by atoms with E-state index in [0.29, 0.717) is 12.5 Å². The minimum Gasteiger partial charge on any atom is -0.497 e. The highest BCUT2D eigenvalue weighted by atomic mass is 16.5. The molecule has 3 rings (SSSR count). The Balaban J connectivity index is 1.64. The van der Waals surface area contributed by atoms with E-state index in [9.17, 15) is 4.79 Å². The van der Waals surface area contributed by atoms with E-state index in [2.05, 4.69) is 27.2 Å². The number of aromatic amines is 1. The van der Waals surface area contributed by atoms with Crippen molar-refractivity contribution in [2.24, 2.45) is 0 Å². The van der Waals surface area contributed by atoms with Crippen molar-refractivity contribution in [3.05, 3.63) is 40.1 Å². The zero-order valence-electron chi connectivity index (χ0n) is 15.1. The van der Waals surface area contributed by atoms with Crippen LogP contribution in [0.3, 0.4) is 0 Å². The lowest BCUT2D eigenvalue weighted by molar-refractivity contribution is 0.199. The van der Waals surface area contributed by atoms with Crippen LogP contribution in [0.15, 0.2) is 23.0 Å². The highest BCUT2D eigenvalue weighted by Gasteiger charge is 2.25. The van der Waals surface area contributed by atoms with Crippen molar-refractivity contribution < 1.29 is 9.47 Å². The van der Waals surface area contributed by atoms with E-state index in [-0.39, 0.29) is 5.69 Å². The normalized spacial score (nSPS) is 16.1. The number of hydrogen-bond acceptors (Lipinski definition) is 5. The van der Waals surface area contributed by atoms with Gasteiger partial charge in [-0.2, -0.15) is 5.10 Å². The van der Waals surface area contributed by atoms with Crippen molar-refractivity contribution in [3.63, 3.8) is 0 Å². The largest absolute Gasteiger partial charge is 0.497 e. The van der Waals surface area contributed by atoms with Gasteiger partial charge in [0.05, 0.1) is 14.2 Å². The van der Waals surface area contributed by atoms with Crippen LogP contribution in [0.2, 0.25) is 0 Å². The molecule has 0 unspecified atom stereocenters. The second-order valence-corrected chi connectivity index (χ2v) is 6.40. The van der Waals surface area contributed by atoms with Gasteiger partial charge in [0, 0.05) is 25.1 Å². The number of nitrogens with one attached hydrogen (secondary N) is 1. The quantitative estimate of drug-likeness (QED) is 0.866. The summed E-state index contributed by atoms with van der Waals surface area (Å²) in [5.74, 6) is 2.87. The van der Waals surface area contributed by atoms with Gasteiger partial charge in [-0.05, 0) is 50.6 Å². The summed E-state index contributed by atoms with van der Waals surface area (Å²) < 4.78 is 12.4. The average molecular weight is 346 g/mol. The molecular weight excluding hydrogens is 320 g/mol.